The summed E-state index contributed by atoms with van der Waals surface area (Å²) in [6, 6.07) is 0. The molecule has 1 fully saturated rings. The van der Waals surface area contributed by atoms with Gasteiger partial charge in [-0.15, -0.1) is 0 Å². The van der Waals surface area contributed by atoms with E-state index in [4.69, 9.17) is 12.6 Å². The van der Waals surface area contributed by atoms with Gasteiger partial charge in [0.25, 0.3) is 0 Å². The second-order valence-corrected chi connectivity index (χ2v) is 9.96. The maximum Gasteiger partial charge on any atom is 0.0158 e. The minimum atomic E-state index is 0.151. The van der Waals surface area contributed by atoms with Gasteiger partial charge in [0.2, 0.25) is 0 Å². The molecular formula is C18H36S. The van der Waals surface area contributed by atoms with Crippen molar-refractivity contribution in [3.63, 3.8) is 0 Å². The van der Waals surface area contributed by atoms with E-state index in [1.165, 1.54) is 38.5 Å². The van der Waals surface area contributed by atoms with Crippen LogP contribution >= 0.6 is 12.6 Å². The first-order valence-electron chi connectivity index (χ1n) is 8.20. The van der Waals surface area contributed by atoms with Gasteiger partial charge in [-0.1, -0.05) is 61.3 Å². The standard InChI is InChI=1S/C18H36S/c1-14(2)11-17(6)13-16(4,5)10-8-9-15(3)12-18(17,7)19/h14-15,19H,8-13H2,1-7H3. The number of hydrogen-bond acceptors (Lipinski definition) is 1. The van der Waals surface area contributed by atoms with Gasteiger partial charge in [-0.25, -0.2) is 0 Å². The van der Waals surface area contributed by atoms with Gasteiger partial charge in [0.15, 0.2) is 0 Å². The molecule has 1 aliphatic rings. The highest BCUT2D eigenvalue weighted by molar-refractivity contribution is 7.81. The average Bonchev–Trinajstić information content (AvgIpc) is 2.13. The van der Waals surface area contributed by atoms with Crippen molar-refractivity contribution < 1.29 is 0 Å². The van der Waals surface area contributed by atoms with Crippen LogP contribution in [0.5, 0.6) is 0 Å². The van der Waals surface area contributed by atoms with Crippen molar-refractivity contribution in [2.75, 3.05) is 0 Å². The predicted molar refractivity (Wildman–Crippen MR) is 91.0 cm³/mol. The van der Waals surface area contributed by atoms with E-state index >= 15 is 0 Å². The zero-order valence-corrected chi connectivity index (χ0v) is 15.2. The van der Waals surface area contributed by atoms with E-state index in [1.807, 2.05) is 0 Å². The van der Waals surface area contributed by atoms with Gasteiger partial charge in [-0.3, -0.25) is 0 Å². The second-order valence-electron chi connectivity index (χ2n) is 8.97. The van der Waals surface area contributed by atoms with E-state index in [0.29, 0.717) is 10.8 Å². The number of hydrogen-bond donors (Lipinski definition) is 1. The Labute approximate surface area is 127 Å². The molecule has 3 unspecified atom stereocenters. The van der Waals surface area contributed by atoms with Crippen LogP contribution in [0.15, 0.2) is 0 Å². The van der Waals surface area contributed by atoms with Crippen molar-refractivity contribution in [3.8, 4) is 0 Å². The SMILES string of the molecule is CC(C)CC1(C)CC(C)(C)CCCC(C)CC1(C)S. The fourth-order valence-corrected chi connectivity index (χ4v) is 4.97. The quantitative estimate of drug-likeness (QED) is 0.561. The summed E-state index contributed by atoms with van der Waals surface area (Å²) in [6.45, 7) is 17.0. The van der Waals surface area contributed by atoms with Gasteiger partial charge >= 0.3 is 0 Å². The van der Waals surface area contributed by atoms with Gasteiger partial charge in [0.05, 0.1) is 0 Å². The normalized spacial score (nSPS) is 40.6. The van der Waals surface area contributed by atoms with E-state index in [-0.39, 0.29) is 4.75 Å². The van der Waals surface area contributed by atoms with Crippen molar-refractivity contribution >= 4 is 12.6 Å². The first-order chi connectivity index (χ1) is 8.47. The van der Waals surface area contributed by atoms with Crippen molar-refractivity contribution in [2.24, 2.45) is 22.7 Å². The first-order valence-corrected chi connectivity index (χ1v) is 8.65. The Hall–Kier alpha value is 0.350. The molecule has 0 amide bonds. The lowest BCUT2D eigenvalue weighted by Gasteiger charge is -2.49. The van der Waals surface area contributed by atoms with Gasteiger partial charge in [-0.05, 0) is 48.3 Å². The van der Waals surface area contributed by atoms with Crippen LogP contribution in [0.25, 0.3) is 0 Å². The molecule has 0 aliphatic heterocycles. The number of rotatable bonds is 2. The van der Waals surface area contributed by atoms with E-state index in [1.54, 1.807) is 0 Å². The van der Waals surface area contributed by atoms with Crippen LogP contribution in [-0.4, -0.2) is 4.75 Å². The van der Waals surface area contributed by atoms with Crippen molar-refractivity contribution in [3.05, 3.63) is 0 Å². The molecule has 0 aromatic rings. The van der Waals surface area contributed by atoms with Crippen LogP contribution in [-0.2, 0) is 0 Å². The van der Waals surface area contributed by atoms with Crippen LogP contribution < -0.4 is 0 Å². The highest BCUT2D eigenvalue weighted by atomic mass is 32.1. The van der Waals surface area contributed by atoms with Crippen LogP contribution in [0.3, 0.4) is 0 Å². The molecule has 1 aliphatic carbocycles. The molecule has 0 spiro atoms. The van der Waals surface area contributed by atoms with Gasteiger partial charge < -0.3 is 0 Å². The fourth-order valence-electron chi connectivity index (χ4n) is 4.48. The van der Waals surface area contributed by atoms with Gasteiger partial charge in [0.1, 0.15) is 0 Å². The van der Waals surface area contributed by atoms with Crippen molar-refractivity contribution in [2.45, 2.75) is 91.7 Å². The van der Waals surface area contributed by atoms with Crippen LogP contribution in [0.2, 0.25) is 0 Å². The molecule has 0 nitrogen and oxygen atoms in total. The lowest BCUT2D eigenvalue weighted by molar-refractivity contribution is 0.0964. The smallest absolute Gasteiger partial charge is 0.0158 e. The third-order valence-electron chi connectivity index (χ3n) is 5.32. The fraction of sp³-hybridized carbons (Fsp3) is 1.00. The summed E-state index contributed by atoms with van der Waals surface area (Å²) in [5.41, 5.74) is 0.796. The summed E-state index contributed by atoms with van der Waals surface area (Å²) >= 11 is 5.18. The second kappa shape index (κ2) is 6.00. The molecule has 0 saturated heterocycles. The number of thiol groups is 1. The zero-order valence-electron chi connectivity index (χ0n) is 14.3. The molecule has 0 heterocycles. The van der Waals surface area contributed by atoms with Crippen LogP contribution in [0.4, 0.5) is 0 Å². The molecule has 114 valence electrons. The Kier molecular flexibility index (Phi) is 5.49. The topological polar surface area (TPSA) is 0 Å². The Balaban J connectivity index is 3.08. The summed E-state index contributed by atoms with van der Waals surface area (Å²) in [6.07, 6.45) is 7.99. The summed E-state index contributed by atoms with van der Waals surface area (Å²) in [4.78, 5) is 0. The summed E-state index contributed by atoms with van der Waals surface area (Å²) in [5, 5.41) is 0. The molecule has 19 heavy (non-hydrogen) atoms. The molecule has 0 aromatic heterocycles. The molecular weight excluding hydrogens is 248 g/mol. The first kappa shape index (κ1) is 17.4. The minimum Gasteiger partial charge on any atom is -0.172 e. The monoisotopic (exact) mass is 284 g/mol. The summed E-state index contributed by atoms with van der Waals surface area (Å²) < 4.78 is 0.151. The molecule has 3 atom stereocenters. The zero-order chi connectivity index (χ0) is 14.9. The largest absolute Gasteiger partial charge is 0.172 e. The molecule has 1 heteroatoms. The molecule has 1 rings (SSSR count). The van der Waals surface area contributed by atoms with Crippen molar-refractivity contribution in [1.82, 2.24) is 0 Å². The Morgan fingerprint density at radius 2 is 1.74 bits per heavy atom. The maximum atomic E-state index is 5.18. The maximum absolute atomic E-state index is 5.18. The van der Waals surface area contributed by atoms with E-state index in [0.717, 1.165) is 11.8 Å². The lowest BCUT2D eigenvalue weighted by Crippen LogP contribution is -2.44. The Morgan fingerprint density at radius 1 is 1.16 bits per heavy atom. The minimum absolute atomic E-state index is 0.151. The van der Waals surface area contributed by atoms with Gasteiger partial charge in [0, 0.05) is 4.75 Å². The molecule has 0 aromatic carbocycles. The Morgan fingerprint density at radius 3 is 2.26 bits per heavy atom. The highest BCUT2D eigenvalue weighted by Gasteiger charge is 2.46. The molecule has 0 bridgehead atoms. The molecule has 0 N–H and O–H groups in total. The third kappa shape index (κ3) is 4.69. The Bertz CT molecular complexity index is 290. The average molecular weight is 285 g/mol. The van der Waals surface area contributed by atoms with E-state index in [9.17, 15) is 0 Å². The lowest BCUT2D eigenvalue weighted by atomic mass is 9.62. The van der Waals surface area contributed by atoms with Crippen LogP contribution in [0, 0.1) is 22.7 Å². The molecule has 0 radical (unpaired) electrons. The highest BCUT2D eigenvalue weighted by Crippen LogP contribution is 2.53. The van der Waals surface area contributed by atoms with E-state index in [2.05, 4.69) is 48.5 Å². The summed E-state index contributed by atoms with van der Waals surface area (Å²) in [7, 11) is 0. The predicted octanol–water partition coefficient (Wildman–Crippen LogP) is 6.35. The van der Waals surface area contributed by atoms with E-state index < -0.39 is 0 Å². The van der Waals surface area contributed by atoms with Gasteiger partial charge in [-0.2, -0.15) is 12.6 Å². The third-order valence-corrected chi connectivity index (χ3v) is 6.05. The van der Waals surface area contributed by atoms with Crippen LogP contribution in [0.1, 0.15) is 87.0 Å². The van der Waals surface area contributed by atoms with Crippen molar-refractivity contribution in [1.29, 1.82) is 0 Å². The molecule has 1 saturated carbocycles. The summed E-state index contributed by atoms with van der Waals surface area (Å²) in [5.74, 6) is 1.56.